The number of carboxylic acid groups (broad SMARTS) is 3. The molecule has 4 N–H and O–H groups in total. The molecule has 16 nitrogen and oxygen atoms in total. The summed E-state index contributed by atoms with van der Waals surface area (Å²) in [5.74, 6) is -3.95. The molecule has 0 aliphatic heterocycles. The second-order valence-electron chi connectivity index (χ2n) is 9.88. The Morgan fingerprint density at radius 1 is 0.754 bits per heavy atom. The highest BCUT2D eigenvalue weighted by molar-refractivity contribution is 9.11. The van der Waals surface area contributed by atoms with Crippen LogP contribution < -0.4 is 16.9 Å². The first-order valence-corrected chi connectivity index (χ1v) is 16.7. The highest BCUT2D eigenvalue weighted by Gasteiger charge is 2.16. The molecular formula is C39H25Br2N3O13. The van der Waals surface area contributed by atoms with Crippen LogP contribution in [0.4, 0.5) is 11.4 Å². The number of aliphatic hydroxyl groups excluding tert-OH is 1. The number of carbonyl (C=O) groups is 3. The van der Waals surface area contributed by atoms with Crippen LogP contribution >= 0.6 is 31.9 Å². The molecule has 0 aliphatic rings. The van der Waals surface area contributed by atoms with Gasteiger partial charge in [0.2, 0.25) is 11.4 Å². The third kappa shape index (κ3) is 19.9. The topological polar surface area (TPSA) is 255 Å². The molecule has 0 fully saturated rings. The molecule has 3 heterocycles. The maximum atomic E-state index is 10.6. The van der Waals surface area contributed by atoms with Crippen LogP contribution in [0.5, 0.6) is 0 Å². The highest BCUT2D eigenvalue weighted by atomic mass is 79.9. The molecule has 0 bridgehead atoms. The van der Waals surface area contributed by atoms with Crippen LogP contribution in [0.15, 0.2) is 146 Å². The van der Waals surface area contributed by atoms with Crippen LogP contribution in [0.1, 0.15) is 22.3 Å². The van der Waals surface area contributed by atoms with Gasteiger partial charge >= 0.3 is 34.8 Å². The zero-order chi connectivity index (χ0) is 42.8. The summed E-state index contributed by atoms with van der Waals surface area (Å²) in [4.78, 5) is 66.8. The largest absolute Gasteiger partial charge is 0.481 e. The summed E-state index contributed by atoms with van der Waals surface area (Å²) in [5, 5.41) is 43.4. The van der Waals surface area contributed by atoms with Crippen LogP contribution in [-0.2, 0) is 9.59 Å². The van der Waals surface area contributed by atoms with Crippen LogP contribution in [0, 0.1) is 36.6 Å². The van der Waals surface area contributed by atoms with Crippen molar-refractivity contribution < 1.29 is 48.1 Å². The molecule has 18 heteroatoms. The standard InChI is InChI=1S/C11H6BrN.C6H2BrNO2.C6H3NO2.C6H4O4.C6H4.C4H6O5/c12-11-6-8(7-13)5-9-3-1-2-4-10(9)11;1-8-4-2-5(7)6(9)10-3-4;1-7-5-2-3-6(8)9-4-5;7-5-2-1-4(3-10-5)6(8)9;1-2-4-6-5-3-1;5-2(4(8)9)1-3(6)7/h1-6H;2-3H;2-4H;1-3H,(H,8,9);1-4H;2,5H,1H2,(H,6,7)(H,8,9). The van der Waals surface area contributed by atoms with Gasteiger partial charge in [-0.15, -0.1) is 0 Å². The highest BCUT2D eigenvalue weighted by Crippen LogP contribution is 2.25. The number of hydrogen-bond donors (Lipinski definition) is 4. The van der Waals surface area contributed by atoms with Crippen LogP contribution in [0.3, 0.4) is 0 Å². The average molecular weight is 903 g/mol. The van der Waals surface area contributed by atoms with Crippen molar-refractivity contribution in [3.8, 4) is 6.07 Å². The number of aromatic carboxylic acids is 1. The van der Waals surface area contributed by atoms with E-state index in [4.69, 9.17) is 38.8 Å². The van der Waals surface area contributed by atoms with Crippen molar-refractivity contribution >= 4 is 71.9 Å². The lowest BCUT2D eigenvalue weighted by atomic mass is 10.1. The molecule has 0 saturated carbocycles. The summed E-state index contributed by atoms with van der Waals surface area (Å²) in [6, 6.07) is 33.1. The van der Waals surface area contributed by atoms with Crippen molar-refractivity contribution in [2.75, 3.05) is 0 Å². The van der Waals surface area contributed by atoms with Crippen LogP contribution in [0.2, 0.25) is 0 Å². The lowest BCUT2D eigenvalue weighted by Gasteiger charge is -2.00. The Balaban J connectivity index is 0.000000346. The molecule has 0 radical (unpaired) electrons. The first-order chi connectivity index (χ1) is 27.1. The first kappa shape index (κ1) is 47.4. The minimum absolute atomic E-state index is 0.0281. The maximum Gasteiger partial charge on any atom is 0.347 e. The number of nitrogens with zero attached hydrogens (tertiary/aromatic N) is 3. The Hall–Kier alpha value is -7.61. The van der Waals surface area contributed by atoms with Crippen molar-refractivity contribution in [1.82, 2.24) is 0 Å². The monoisotopic (exact) mass is 901 g/mol. The minimum Gasteiger partial charge on any atom is -0.481 e. The average Bonchev–Trinajstić information content (AvgIpc) is 3.21. The molecule has 0 saturated heterocycles. The fourth-order valence-corrected chi connectivity index (χ4v) is 4.17. The zero-order valence-electron chi connectivity index (χ0n) is 28.7. The van der Waals surface area contributed by atoms with Crippen molar-refractivity contribution in [2.24, 2.45) is 0 Å². The number of aliphatic carboxylic acids is 2. The summed E-state index contributed by atoms with van der Waals surface area (Å²) in [7, 11) is 0. The molecular weight excluding hydrogens is 878 g/mol. The van der Waals surface area contributed by atoms with Crippen molar-refractivity contribution in [3.63, 3.8) is 0 Å². The second kappa shape index (κ2) is 26.2. The molecule has 6 rings (SSSR count). The number of aliphatic hydroxyl groups is 1. The van der Waals surface area contributed by atoms with E-state index in [1.54, 1.807) is 0 Å². The number of halogens is 2. The summed E-state index contributed by atoms with van der Waals surface area (Å²) < 4.78 is 14.4. The Labute approximate surface area is 338 Å². The van der Waals surface area contributed by atoms with Crippen LogP contribution in [0.25, 0.3) is 20.5 Å². The van der Waals surface area contributed by atoms with Crippen molar-refractivity contribution in [3.05, 3.63) is 196 Å². The van der Waals surface area contributed by atoms with E-state index in [1.807, 2.05) is 60.7 Å². The van der Waals surface area contributed by atoms with E-state index in [-0.39, 0.29) is 10.0 Å². The summed E-state index contributed by atoms with van der Waals surface area (Å²) in [6.07, 6.45) is 0.623. The van der Waals surface area contributed by atoms with E-state index >= 15 is 0 Å². The van der Waals surface area contributed by atoms with Gasteiger partial charge in [0, 0.05) is 16.6 Å². The minimum atomic E-state index is -1.79. The maximum absolute atomic E-state index is 10.6. The molecule has 3 aromatic carbocycles. The predicted octanol–water partition coefficient (Wildman–Crippen LogP) is 7.15. The Morgan fingerprint density at radius 2 is 1.33 bits per heavy atom. The van der Waals surface area contributed by atoms with Crippen LogP contribution in [-0.4, -0.2) is 44.4 Å². The third-order valence-electron chi connectivity index (χ3n) is 5.80. The van der Waals surface area contributed by atoms with Gasteiger partial charge in [-0.25, -0.2) is 33.7 Å². The van der Waals surface area contributed by atoms with Gasteiger partial charge in [-0.3, -0.25) is 4.79 Å². The van der Waals surface area contributed by atoms with E-state index < -0.39 is 47.3 Å². The Bertz CT molecular complexity index is 2480. The molecule has 57 heavy (non-hydrogen) atoms. The SMILES string of the molecule is N#Cc1cc(Br)c2ccccc2c1.O=C(O)CC(O)C(=O)O.O=C(O)c1ccc(=O)oc1.[C-]#[N+]c1ccc(=O)oc1.[C-]#[N+]c1coc(=O)c(Br)c1.c1ccccc#1. The molecule has 0 aliphatic carbocycles. The molecule has 288 valence electrons. The fraction of sp³-hybridized carbons (Fsp3) is 0.0513. The number of carboxylic acids is 3. The van der Waals surface area contributed by atoms with Crippen molar-refractivity contribution in [2.45, 2.75) is 12.5 Å². The lowest BCUT2D eigenvalue weighted by Crippen LogP contribution is -2.22. The summed E-state index contributed by atoms with van der Waals surface area (Å²) >= 11 is 6.37. The van der Waals surface area contributed by atoms with E-state index in [0.29, 0.717) is 16.9 Å². The van der Waals surface area contributed by atoms with Gasteiger partial charge in [0.1, 0.15) is 18.8 Å². The van der Waals surface area contributed by atoms with Gasteiger partial charge in [-0.2, -0.15) is 5.26 Å². The van der Waals surface area contributed by atoms with E-state index in [9.17, 15) is 28.8 Å². The van der Waals surface area contributed by atoms with Gasteiger partial charge in [0.05, 0.1) is 41.2 Å². The van der Waals surface area contributed by atoms with E-state index in [2.05, 4.69) is 73.0 Å². The quantitative estimate of drug-likeness (QED) is 0.128. The summed E-state index contributed by atoms with van der Waals surface area (Å²) in [6.45, 7) is 13.0. The number of nitriles is 1. The zero-order valence-corrected chi connectivity index (χ0v) is 31.9. The van der Waals surface area contributed by atoms with Gasteiger partial charge in [-0.1, -0.05) is 64.5 Å². The second-order valence-corrected chi connectivity index (χ2v) is 11.6. The van der Waals surface area contributed by atoms with Gasteiger partial charge in [-0.05, 0) is 69.2 Å². The molecule has 0 spiro atoms. The normalized spacial score (nSPS) is 9.40. The molecule has 1 atom stereocenters. The molecule has 1 unspecified atom stereocenters. The van der Waals surface area contributed by atoms with Gasteiger partial charge < -0.3 is 33.7 Å². The lowest BCUT2D eigenvalue weighted by molar-refractivity contribution is -0.152. The Kier molecular flexibility index (Phi) is 21.8. The number of fused-ring (bicyclic) bond motifs is 1. The van der Waals surface area contributed by atoms with Gasteiger partial charge in [0.25, 0.3) is 0 Å². The number of rotatable bonds is 4. The molecule has 0 amide bonds. The molecule has 6 aromatic rings. The fourth-order valence-electron chi connectivity index (χ4n) is 3.23. The number of benzene rings is 2. The smallest absolute Gasteiger partial charge is 0.347 e. The first-order valence-electron chi connectivity index (χ1n) is 15.1. The van der Waals surface area contributed by atoms with Gasteiger partial charge in [0.15, 0.2) is 6.10 Å². The summed E-state index contributed by atoms with van der Waals surface area (Å²) in [5.41, 5.74) is -0.133. The van der Waals surface area contributed by atoms with E-state index in [0.717, 1.165) is 40.1 Å². The number of hydrogen-bond acceptors (Lipinski definition) is 11. The molecule has 3 aromatic heterocycles. The van der Waals surface area contributed by atoms with Crippen molar-refractivity contribution in [1.29, 1.82) is 5.26 Å². The predicted molar refractivity (Wildman–Crippen MR) is 208 cm³/mol. The third-order valence-corrected chi connectivity index (χ3v) is 7.00. The van der Waals surface area contributed by atoms with E-state index in [1.165, 1.54) is 24.3 Å². The Morgan fingerprint density at radius 3 is 1.75 bits per heavy atom.